The van der Waals surface area contributed by atoms with Gasteiger partial charge in [0.25, 0.3) is 0 Å². The fourth-order valence-electron chi connectivity index (χ4n) is 1.70. The van der Waals surface area contributed by atoms with E-state index in [9.17, 15) is 4.79 Å². The first kappa shape index (κ1) is 14.5. The number of hydrogen-bond donors (Lipinski definition) is 1. The quantitative estimate of drug-likeness (QED) is 0.855. The van der Waals surface area contributed by atoms with Gasteiger partial charge in [-0.15, -0.1) is 11.3 Å². The Labute approximate surface area is 121 Å². The van der Waals surface area contributed by atoms with Gasteiger partial charge in [0, 0.05) is 17.1 Å². The smallest absolute Gasteiger partial charge is 0.348 e. The molecule has 0 saturated carbocycles. The molecule has 2 N–H and O–H groups in total. The fraction of sp³-hybridized carbons (Fsp3) is 0.462. The minimum Gasteiger partial charge on any atom is -0.453 e. The topological polar surface area (TPSA) is 83.0 Å². The SMILES string of the molecule is Cc1sc(C(=O)OCc2ncnn2CC(C)C)cc1N. The monoisotopic (exact) mass is 294 g/mol. The van der Waals surface area contributed by atoms with Gasteiger partial charge in [0.1, 0.15) is 11.2 Å². The molecular formula is C13H18N4O2S. The first-order valence-corrected chi connectivity index (χ1v) is 7.18. The van der Waals surface area contributed by atoms with Crippen molar-refractivity contribution in [1.82, 2.24) is 14.8 Å². The third-order valence-electron chi connectivity index (χ3n) is 2.72. The van der Waals surface area contributed by atoms with Gasteiger partial charge in [0.05, 0.1) is 0 Å². The molecule has 2 aromatic rings. The van der Waals surface area contributed by atoms with E-state index in [0.717, 1.165) is 11.4 Å². The molecule has 20 heavy (non-hydrogen) atoms. The van der Waals surface area contributed by atoms with Gasteiger partial charge >= 0.3 is 5.97 Å². The molecule has 2 rings (SSSR count). The van der Waals surface area contributed by atoms with Crippen molar-refractivity contribution in [3.8, 4) is 0 Å². The zero-order valence-corrected chi connectivity index (χ0v) is 12.6. The summed E-state index contributed by atoms with van der Waals surface area (Å²) in [7, 11) is 0. The van der Waals surface area contributed by atoms with E-state index in [2.05, 4.69) is 23.9 Å². The third kappa shape index (κ3) is 3.36. The second-order valence-electron chi connectivity index (χ2n) is 4.95. The summed E-state index contributed by atoms with van der Waals surface area (Å²) >= 11 is 1.33. The Balaban J connectivity index is 1.98. The number of carbonyl (C=O) groups is 1. The van der Waals surface area contributed by atoms with E-state index in [-0.39, 0.29) is 12.6 Å². The molecule has 0 bridgehead atoms. The fourth-order valence-corrected chi connectivity index (χ4v) is 2.53. The van der Waals surface area contributed by atoms with Crippen LogP contribution in [0.1, 0.15) is 34.2 Å². The van der Waals surface area contributed by atoms with Crippen LogP contribution in [0.25, 0.3) is 0 Å². The summed E-state index contributed by atoms with van der Waals surface area (Å²) in [5, 5.41) is 4.12. The molecule has 6 nitrogen and oxygen atoms in total. The molecule has 2 aromatic heterocycles. The number of nitrogens with two attached hydrogens (primary N) is 1. The predicted octanol–water partition coefficient (Wildman–Crippen LogP) is 2.24. The summed E-state index contributed by atoms with van der Waals surface area (Å²) in [6.07, 6.45) is 1.47. The van der Waals surface area contributed by atoms with Gasteiger partial charge in [-0.25, -0.2) is 14.5 Å². The molecule has 0 saturated heterocycles. The highest BCUT2D eigenvalue weighted by atomic mass is 32.1. The number of nitrogens with zero attached hydrogens (tertiary/aromatic N) is 3. The minimum absolute atomic E-state index is 0.113. The standard InChI is InChI=1S/C13H18N4O2S/c1-8(2)5-17-12(15-7-16-17)6-19-13(18)11-4-10(14)9(3)20-11/h4,7-8H,5-6,14H2,1-3H3. The Morgan fingerprint density at radius 2 is 2.30 bits per heavy atom. The van der Waals surface area contributed by atoms with Crippen molar-refractivity contribution >= 4 is 23.0 Å². The van der Waals surface area contributed by atoms with Crippen molar-refractivity contribution in [2.24, 2.45) is 5.92 Å². The van der Waals surface area contributed by atoms with Crippen LogP contribution in [-0.4, -0.2) is 20.7 Å². The van der Waals surface area contributed by atoms with E-state index >= 15 is 0 Å². The summed E-state index contributed by atoms with van der Waals surface area (Å²) < 4.78 is 7.01. The maximum Gasteiger partial charge on any atom is 0.348 e. The summed E-state index contributed by atoms with van der Waals surface area (Å²) in [6.45, 7) is 6.92. The van der Waals surface area contributed by atoms with Crippen LogP contribution in [-0.2, 0) is 17.9 Å². The number of aromatic nitrogens is 3. The number of thiophene rings is 1. The van der Waals surface area contributed by atoms with Crippen molar-refractivity contribution in [1.29, 1.82) is 0 Å². The molecule has 0 aliphatic rings. The highest BCUT2D eigenvalue weighted by Crippen LogP contribution is 2.24. The van der Waals surface area contributed by atoms with Crippen LogP contribution in [0, 0.1) is 12.8 Å². The Bertz CT molecular complexity index is 584. The van der Waals surface area contributed by atoms with Crippen LogP contribution in [0.15, 0.2) is 12.4 Å². The number of carbonyl (C=O) groups excluding carboxylic acids is 1. The van der Waals surface area contributed by atoms with Crippen LogP contribution >= 0.6 is 11.3 Å². The molecule has 7 heteroatoms. The van der Waals surface area contributed by atoms with Gasteiger partial charge < -0.3 is 10.5 Å². The van der Waals surface area contributed by atoms with E-state index in [1.54, 1.807) is 10.7 Å². The van der Waals surface area contributed by atoms with Crippen LogP contribution in [0.5, 0.6) is 0 Å². The summed E-state index contributed by atoms with van der Waals surface area (Å²) in [5.41, 5.74) is 6.34. The second kappa shape index (κ2) is 6.04. The Hall–Kier alpha value is -1.89. The van der Waals surface area contributed by atoms with Crippen molar-refractivity contribution in [3.05, 3.63) is 28.0 Å². The number of esters is 1. The van der Waals surface area contributed by atoms with E-state index in [1.807, 2.05) is 6.92 Å². The lowest BCUT2D eigenvalue weighted by atomic mass is 10.2. The molecule has 0 unspecified atom stereocenters. The maximum absolute atomic E-state index is 11.9. The Morgan fingerprint density at radius 1 is 1.55 bits per heavy atom. The lowest BCUT2D eigenvalue weighted by Gasteiger charge is -2.08. The average Bonchev–Trinajstić information content (AvgIpc) is 2.94. The van der Waals surface area contributed by atoms with Gasteiger partial charge in [-0.2, -0.15) is 5.10 Å². The number of nitrogen functional groups attached to an aromatic ring is 1. The minimum atomic E-state index is -0.381. The van der Waals surface area contributed by atoms with Gasteiger partial charge in [0.15, 0.2) is 12.4 Å². The molecule has 108 valence electrons. The number of anilines is 1. The van der Waals surface area contributed by atoms with Crippen molar-refractivity contribution < 1.29 is 9.53 Å². The summed E-state index contributed by atoms with van der Waals surface area (Å²) in [4.78, 5) is 17.5. The Kier molecular flexibility index (Phi) is 4.39. The number of hydrogen-bond acceptors (Lipinski definition) is 6. The first-order chi connectivity index (χ1) is 9.47. The molecule has 0 amide bonds. The van der Waals surface area contributed by atoms with Crippen LogP contribution in [0.2, 0.25) is 0 Å². The molecule has 0 aliphatic heterocycles. The van der Waals surface area contributed by atoms with Gasteiger partial charge in [-0.05, 0) is 18.9 Å². The van der Waals surface area contributed by atoms with Crippen LogP contribution < -0.4 is 5.73 Å². The molecule has 2 heterocycles. The van der Waals surface area contributed by atoms with E-state index < -0.39 is 0 Å². The highest BCUT2D eigenvalue weighted by molar-refractivity contribution is 7.14. The van der Waals surface area contributed by atoms with E-state index in [4.69, 9.17) is 10.5 Å². The van der Waals surface area contributed by atoms with Crippen molar-refractivity contribution in [2.75, 3.05) is 5.73 Å². The molecular weight excluding hydrogens is 276 g/mol. The van der Waals surface area contributed by atoms with Crippen molar-refractivity contribution in [3.63, 3.8) is 0 Å². The normalized spacial score (nSPS) is 11.0. The van der Waals surface area contributed by atoms with Gasteiger partial charge in [-0.1, -0.05) is 13.8 Å². The maximum atomic E-state index is 11.9. The largest absolute Gasteiger partial charge is 0.453 e. The van der Waals surface area contributed by atoms with E-state index in [1.165, 1.54) is 17.7 Å². The second-order valence-corrected chi connectivity index (χ2v) is 6.21. The lowest BCUT2D eigenvalue weighted by molar-refractivity contribution is 0.0462. The van der Waals surface area contributed by atoms with Crippen LogP contribution in [0.3, 0.4) is 0 Å². The molecule has 0 radical (unpaired) electrons. The van der Waals surface area contributed by atoms with E-state index in [0.29, 0.717) is 22.3 Å². The summed E-state index contributed by atoms with van der Waals surface area (Å²) in [5.74, 6) is 0.716. The molecule has 0 fully saturated rings. The Morgan fingerprint density at radius 3 is 2.90 bits per heavy atom. The number of ether oxygens (including phenoxy) is 1. The third-order valence-corrected chi connectivity index (χ3v) is 3.77. The number of aryl methyl sites for hydroxylation is 1. The molecule has 0 atom stereocenters. The number of rotatable bonds is 5. The first-order valence-electron chi connectivity index (χ1n) is 6.37. The average molecular weight is 294 g/mol. The zero-order chi connectivity index (χ0) is 14.7. The van der Waals surface area contributed by atoms with Gasteiger partial charge in [-0.3, -0.25) is 0 Å². The highest BCUT2D eigenvalue weighted by Gasteiger charge is 2.14. The van der Waals surface area contributed by atoms with Crippen molar-refractivity contribution in [2.45, 2.75) is 33.9 Å². The lowest BCUT2D eigenvalue weighted by Crippen LogP contribution is -2.13. The zero-order valence-electron chi connectivity index (χ0n) is 11.8. The van der Waals surface area contributed by atoms with Gasteiger partial charge in [0.2, 0.25) is 0 Å². The molecule has 0 aromatic carbocycles. The predicted molar refractivity (Wildman–Crippen MR) is 77.4 cm³/mol. The molecule has 0 spiro atoms. The molecule has 0 aliphatic carbocycles. The summed E-state index contributed by atoms with van der Waals surface area (Å²) in [6, 6.07) is 1.64. The van der Waals surface area contributed by atoms with Crippen LogP contribution in [0.4, 0.5) is 5.69 Å².